The SMILES string of the molecule is N#Cc1ccc(CCNCC(C(=O)c2c[nH]c3cc(C(=O)N4CCCC4)ccc23)c2ccccc2)cc1. The van der Waals surface area contributed by atoms with Crippen LogP contribution in [-0.2, 0) is 6.42 Å². The first-order chi connectivity index (χ1) is 18.1. The lowest BCUT2D eigenvalue weighted by atomic mass is 9.90. The number of nitrogens with zero attached hydrogens (tertiary/aromatic N) is 2. The lowest BCUT2D eigenvalue weighted by molar-refractivity contribution is 0.0792. The summed E-state index contributed by atoms with van der Waals surface area (Å²) in [5.41, 5.74) is 4.85. The first-order valence-corrected chi connectivity index (χ1v) is 12.8. The van der Waals surface area contributed by atoms with Crippen molar-refractivity contribution in [3.8, 4) is 6.07 Å². The summed E-state index contributed by atoms with van der Waals surface area (Å²) in [5.74, 6) is -0.246. The third kappa shape index (κ3) is 5.47. The third-order valence-corrected chi connectivity index (χ3v) is 7.13. The van der Waals surface area contributed by atoms with Gasteiger partial charge in [0.25, 0.3) is 5.91 Å². The Morgan fingerprint density at radius 3 is 2.49 bits per heavy atom. The molecule has 3 aromatic carbocycles. The summed E-state index contributed by atoms with van der Waals surface area (Å²) in [6, 6.07) is 25.2. The quantitative estimate of drug-likeness (QED) is 0.253. The van der Waals surface area contributed by atoms with Crippen LogP contribution in [0.25, 0.3) is 10.9 Å². The van der Waals surface area contributed by atoms with E-state index in [0.717, 1.165) is 60.9 Å². The molecule has 0 spiro atoms. The molecule has 5 rings (SSSR count). The Kier molecular flexibility index (Phi) is 7.43. The molecule has 1 unspecified atom stereocenters. The number of benzene rings is 3. The molecule has 1 amide bonds. The van der Waals surface area contributed by atoms with Crippen LogP contribution in [0.2, 0.25) is 0 Å². The Bertz CT molecular complexity index is 1430. The van der Waals surface area contributed by atoms with Crippen LogP contribution < -0.4 is 5.32 Å². The highest BCUT2D eigenvalue weighted by Gasteiger charge is 2.25. The number of aromatic nitrogens is 1. The van der Waals surface area contributed by atoms with Gasteiger partial charge < -0.3 is 15.2 Å². The number of H-pyrrole nitrogens is 1. The molecule has 1 saturated heterocycles. The second kappa shape index (κ2) is 11.2. The number of hydrogen-bond donors (Lipinski definition) is 2. The molecule has 1 fully saturated rings. The predicted molar refractivity (Wildman–Crippen MR) is 145 cm³/mol. The van der Waals surface area contributed by atoms with Gasteiger partial charge in [-0.3, -0.25) is 9.59 Å². The molecule has 6 heteroatoms. The van der Waals surface area contributed by atoms with E-state index in [1.54, 1.807) is 6.20 Å². The van der Waals surface area contributed by atoms with E-state index in [1.807, 2.05) is 77.7 Å². The summed E-state index contributed by atoms with van der Waals surface area (Å²) in [6.07, 6.45) is 4.68. The third-order valence-electron chi connectivity index (χ3n) is 7.13. The summed E-state index contributed by atoms with van der Waals surface area (Å²) in [5, 5.41) is 13.3. The maximum Gasteiger partial charge on any atom is 0.253 e. The molecule has 1 aromatic heterocycles. The molecule has 2 heterocycles. The molecule has 0 aliphatic carbocycles. The summed E-state index contributed by atoms with van der Waals surface area (Å²) in [6.45, 7) is 2.85. The van der Waals surface area contributed by atoms with E-state index < -0.39 is 0 Å². The number of amides is 1. The van der Waals surface area contributed by atoms with Crippen molar-refractivity contribution in [2.45, 2.75) is 25.2 Å². The van der Waals surface area contributed by atoms with Gasteiger partial charge >= 0.3 is 0 Å². The van der Waals surface area contributed by atoms with Gasteiger partial charge in [0, 0.05) is 47.9 Å². The van der Waals surface area contributed by atoms with Gasteiger partial charge in [-0.1, -0.05) is 48.5 Å². The molecular weight excluding hydrogens is 460 g/mol. The molecule has 37 heavy (non-hydrogen) atoms. The molecule has 1 aliphatic rings. The highest BCUT2D eigenvalue weighted by atomic mass is 16.2. The van der Waals surface area contributed by atoms with E-state index in [-0.39, 0.29) is 17.6 Å². The molecule has 0 radical (unpaired) electrons. The normalized spacial score (nSPS) is 14.0. The molecule has 0 saturated carbocycles. The zero-order valence-electron chi connectivity index (χ0n) is 20.7. The van der Waals surface area contributed by atoms with Crippen LogP contribution in [0.3, 0.4) is 0 Å². The van der Waals surface area contributed by atoms with Gasteiger partial charge in [-0.15, -0.1) is 0 Å². The van der Waals surface area contributed by atoms with Gasteiger partial charge in [0.1, 0.15) is 0 Å². The summed E-state index contributed by atoms with van der Waals surface area (Å²) >= 11 is 0. The Morgan fingerprint density at radius 1 is 1.00 bits per heavy atom. The number of rotatable bonds is 9. The lowest BCUT2D eigenvalue weighted by Gasteiger charge is -2.17. The van der Waals surface area contributed by atoms with E-state index >= 15 is 0 Å². The van der Waals surface area contributed by atoms with Gasteiger partial charge in [-0.05, 0) is 61.2 Å². The van der Waals surface area contributed by atoms with Gasteiger partial charge in [-0.25, -0.2) is 0 Å². The molecule has 186 valence electrons. The second-order valence-corrected chi connectivity index (χ2v) is 9.55. The average Bonchev–Trinajstić information content (AvgIpc) is 3.63. The molecule has 4 aromatic rings. The van der Waals surface area contributed by atoms with E-state index in [1.165, 1.54) is 0 Å². The van der Waals surface area contributed by atoms with Crippen LogP contribution >= 0.6 is 0 Å². The largest absolute Gasteiger partial charge is 0.360 e. The van der Waals surface area contributed by atoms with Crippen molar-refractivity contribution >= 4 is 22.6 Å². The van der Waals surface area contributed by atoms with Crippen molar-refractivity contribution in [2.24, 2.45) is 0 Å². The predicted octanol–water partition coefficient (Wildman–Crippen LogP) is 5.07. The lowest BCUT2D eigenvalue weighted by Crippen LogP contribution is -2.28. The summed E-state index contributed by atoms with van der Waals surface area (Å²) in [7, 11) is 0. The minimum Gasteiger partial charge on any atom is -0.360 e. The van der Waals surface area contributed by atoms with E-state index in [9.17, 15) is 9.59 Å². The molecule has 6 nitrogen and oxygen atoms in total. The smallest absolute Gasteiger partial charge is 0.253 e. The first-order valence-electron chi connectivity index (χ1n) is 12.8. The van der Waals surface area contributed by atoms with Gasteiger partial charge in [0.05, 0.1) is 17.6 Å². The molecule has 1 atom stereocenters. The number of aromatic amines is 1. The van der Waals surface area contributed by atoms with E-state index in [2.05, 4.69) is 16.4 Å². The van der Waals surface area contributed by atoms with Crippen molar-refractivity contribution in [1.82, 2.24) is 15.2 Å². The van der Waals surface area contributed by atoms with E-state index in [4.69, 9.17) is 5.26 Å². The van der Waals surface area contributed by atoms with E-state index in [0.29, 0.717) is 23.2 Å². The summed E-state index contributed by atoms with van der Waals surface area (Å²) in [4.78, 5) is 31.8. The van der Waals surface area contributed by atoms with Gasteiger partial charge in [0.2, 0.25) is 0 Å². The monoisotopic (exact) mass is 490 g/mol. The minimum absolute atomic E-state index is 0.0435. The van der Waals surface area contributed by atoms with Gasteiger partial charge in [-0.2, -0.15) is 5.26 Å². The number of ketones is 1. The molecule has 0 bridgehead atoms. The Hall–Kier alpha value is -4.21. The van der Waals surface area contributed by atoms with Crippen LogP contribution in [-0.4, -0.2) is 47.8 Å². The summed E-state index contributed by atoms with van der Waals surface area (Å²) < 4.78 is 0. The van der Waals surface area contributed by atoms with Crippen molar-refractivity contribution in [2.75, 3.05) is 26.2 Å². The zero-order valence-corrected chi connectivity index (χ0v) is 20.7. The van der Waals surface area contributed by atoms with Crippen molar-refractivity contribution in [3.63, 3.8) is 0 Å². The number of nitrogens with one attached hydrogen (secondary N) is 2. The Labute approximate surface area is 216 Å². The second-order valence-electron chi connectivity index (χ2n) is 9.55. The molecule has 2 N–H and O–H groups in total. The topological polar surface area (TPSA) is 89.0 Å². The van der Waals surface area contributed by atoms with Crippen molar-refractivity contribution < 1.29 is 9.59 Å². The van der Waals surface area contributed by atoms with Crippen molar-refractivity contribution in [3.05, 3.63) is 107 Å². The molecular formula is C31H30N4O2. The number of hydrogen-bond acceptors (Lipinski definition) is 4. The van der Waals surface area contributed by atoms with Crippen LogP contribution in [0.15, 0.2) is 79.0 Å². The van der Waals surface area contributed by atoms with Crippen LogP contribution in [0, 0.1) is 11.3 Å². The standard InChI is InChI=1S/C31H30N4O2/c32-19-23-10-8-22(9-11-23)14-15-33-20-27(24-6-2-1-3-7-24)30(36)28-21-34-29-18-25(12-13-26(28)29)31(37)35-16-4-5-17-35/h1-3,6-13,18,21,27,33-34H,4-5,14-17,20H2. The van der Waals surface area contributed by atoms with Crippen LogP contribution in [0.5, 0.6) is 0 Å². The van der Waals surface area contributed by atoms with Crippen LogP contribution in [0.1, 0.15) is 56.2 Å². The highest BCUT2D eigenvalue weighted by molar-refractivity contribution is 6.11. The number of Topliss-reactive ketones (excluding diaryl/α,β-unsaturated/α-hetero) is 1. The fraction of sp³-hybridized carbons (Fsp3) is 0.258. The maximum atomic E-state index is 13.8. The van der Waals surface area contributed by atoms with Crippen LogP contribution in [0.4, 0.5) is 0 Å². The number of carbonyl (C=O) groups excluding carboxylic acids is 2. The highest BCUT2D eigenvalue weighted by Crippen LogP contribution is 2.27. The number of carbonyl (C=O) groups is 2. The fourth-order valence-electron chi connectivity index (χ4n) is 5.03. The van der Waals surface area contributed by atoms with Gasteiger partial charge in [0.15, 0.2) is 5.78 Å². The number of nitriles is 1. The number of likely N-dealkylation sites (tertiary alicyclic amines) is 1. The zero-order chi connectivity index (χ0) is 25.6. The number of fused-ring (bicyclic) bond motifs is 1. The molecule has 1 aliphatic heterocycles. The first kappa shape index (κ1) is 24.5. The Morgan fingerprint density at radius 2 is 1.76 bits per heavy atom. The Balaban J connectivity index is 1.31. The average molecular weight is 491 g/mol. The van der Waals surface area contributed by atoms with Crippen molar-refractivity contribution in [1.29, 1.82) is 5.26 Å². The fourth-order valence-corrected chi connectivity index (χ4v) is 5.03. The maximum absolute atomic E-state index is 13.8. The minimum atomic E-state index is -0.341.